The van der Waals surface area contributed by atoms with Gasteiger partial charge in [-0.3, -0.25) is 0 Å². The number of thiocarbonyl (C=S) groups is 1. The van der Waals surface area contributed by atoms with Crippen molar-refractivity contribution in [2.24, 2.45) is 5.41 Å². The molecule has 6 nitrogen and oxygen atoms in total. The fraction of sp³-hybridized carbons (Fsp3) is 0.632. The molecule has 0 amide bonds. The average Bonchev–Trinajstić information content (AvgIpc) is 2.54. The third-order valence-electron chi connectivity index (χ3n) is 4.27. The summed E-state index contributed by atoms with van der Waals surface area (Å²) in [5, 5.41) is 6.88. The summed E-state index contributed by atoms with van der Waals surface area (Å²) in [5.41, 5.74) is 1.69. The molecular weight excluding hydrogens is 380 g/mol. The van der Waals surface area contributed by atoms with E-state index in [2.05, 4.69) is 29.4 Å². The molecule has 1 rings (SSSR count). The lowest BCUT2D eigenvalue weighted by Gasteiger charge is -2.29. The molecular formula is C19H34N4O2S2. The monoisotopic (exact) mass is 414 g/mol. The molecule has 0 aliphatic heterocycles. The van der Waals surface area contributed by atoms with Gasteiger partial charge in [-0.25, -0.2) is 8.42 Å². The Morgan fingerprint density at radius 1 is 1.19 bits per heavy atom. The van der Waals surface area contributed by atoms with Gasteiger partial charge in [-0.15, -0.1) is 0 Å². The second-order valence-electron chi connectivity index (χ2n) is 7.78. The normalized spacial score (nSPS) is 12.5. The summed E-state index contributed by atoms with van der Waals surface area (Å²) in [5.74, 6) is 0. The number of rotatable bonds is 9. The van der Waals surface area contributed by atoms with Crippen LogP contribution < -0.4 is 10.6 Å². The SMILES string of the molecule is CCN(CC)S(=O)(=O)c1ccc(C)c(NC(=S)NCC(C)(C)CN(C)C)c1. The number of benzene rings is 1. The first-order valence-electron chi connectivity index (χ1n) is 9.23. The van der Waals surface area contributed by atoms with Crippen molar-refractivity contribution < 1.29 is 8.42 Å². The van der Waals surface area contributed by atoms with E-state index in [1.54, 1.807) is 18.2 Å². The third-order valence-corrected chi connectivity index (χ3v) is 6.56. The van der Waals surface area contributed by atoms with Crippen molar-refractivity contribution in [1.29, 1.82) is 0 Å². The number of hydrogen-bond donors (Lipinski definition) is 2. The topological polar surface area (TPSA) is 64.7 Å². The van der Waals surface area contributed by atoms with Gasteiger partial charge in [-0.05, 0) is 56.3 Å². The number of nitrogens with zero attached hydrogens (tertiary/aromatic N) is 2. The van der Waals surface area contributed by atoms with E-state index in [0.29, 0.717) is 30.4 Å². The summed E-state index contributed by atoms with van der Waals surface area (Å²) in [4.78, 5) is 2.42. The van der Waals surface area contributed by atoms with Crippen molar-refractivity contribution in [1.82, 2.24) is 14.5 Å². The van der Waals surface area contributed by atoms with E-state index in [4.69, 9.17) is 12.2 Å². The van der Waals surface area contributed by atoms with Crippen molar-refractivity contribution >= 4 is 33.0 Å². The fourth-order valence-corrected chi connectivity index (χ4v) is 4.67. The summed E-state index contributed by atoms with van der Waals surface area (Å²) < 4.78 is 26.9. The lowest BCUT2D eigenvalue weighted by molar-refractivity contribution is 0.242. The van der Waals surface area contributed by atoms with Crippen LogP contribution in [0.25, 0.3) is 0 Å². The molecule has 0 fully saturated rings. The molecule has 1 aromatic rings. The molecule has 2 N–H and O–H groups in total. The van der Waals surface area contributed by atoms with Crippen LogP contribution in [0.1, 0.15) is 33.3 Å². The Hall–Kier alpha value is -1.22. The van der Waals surface area contributed by atoms with Gasteiger partial charge < -0.3 is 15.5 Å². The largest absolute Gasteiger partial charge is 0.362 e. The van der Waals surface area contributed by atoms with Gasteiger partial charge in [0.15, 0.2) is 5.11 Å². The van der Waals surface area contributed by atoms with Gasteiger partial charge in [0, 0.05) is 31.9 Å². The molecule has 154 valence electrons. The van der Waals surface area contributed by atoms with Crippen LogP contribution >= 0.6 is 12.2 Å². The highest BCUT2D eigenvalue weighted by Gasteiger charge is 2.23. The van der Waals surface area contributed by atoms with E-state index in [1.165, 1.54) is 4.31 Å². The molecule has 27 heavy (non-hydrogen) atoms. The first kappa shape index (κ1) is 23.8. The molecule has 1 aromatic carbocycles. The van der Waals surface area contributed by atoms with Crippen LogP contribution in [-0.4, -0.2) is 63.0 Å². The summed E-state index contributed by atoms with van der Waals surface area (Å²) in [6.45, 7) is 12.5. The molecule has 0 saturated heterocycles. The van der Waals surface area contributed by atoms with Crippen molar-refractivity contribution in [3.63, 3.8) is 0 Å². The molecule has 0 radical (unpaired) electrons. The maximum absolute atomic E-state index is 12.7. The Balaban J connectivity index is 2.91. The summed E-state index contributed by atoms with van der Waals surface area (Å²) in [6.07, 6.45) is 0. The van der Waals surface area contributed by atoms with Crippen molar-refractivity contribution in [3.8, 4) is 0 Å². The molecule has 0 aromatic heterocycles. The van der Waals surface area contributed by atoms with Gasteiger partial charge in [0.05, 0.1) is 4.90 Å². The molecule has 0 atom stereocenters. The minimum atomic E-state index is -3.50. The quantitative estimate of drug-likeness (QED) is 0.606. The molecule has 0 aliphatic rings. The highest BCUT2D eigenvalue weighted by molar-refractivity contribution is 7.89. The predicted octanol–water partition coefficient (Wildman–Crippen LogP) is 2.90. The summed E-state index contributed by atoms with van der Waals surface area (Å²) in [6, 6.07) is 5.10. The zero-order valence-electron chi connectivity index (χ0n) is 17.6. The second-order valence-corrected chi connectivity index (χ2v) is 10.1. The molecule has 0 bridgehead atoms. The number of nitrogens with one attached hydrogen (secondary N) is 2. The minimum Gasteiger partial charge on any atom is -0.362 e. The Morgan fingerprint density at radius 3 is 2.30 bits per heavy atom. The van der Waals surface area contributed by atoms with E-state index in [9.17, 15) is 8.42 Å². The minimum absolute atomic E-state index is 0.0538. The van der Waals surface area contributed by atoms with Crippen molar-refractivity contribution in [2.75, 3.05) is 45.6 Å². The predicted molar refractivity (Wildman–Crippen MR) is 118 cm³/mol. The highest BCUT2D eigenvalue weighted by atomic mass is 32.2. The zero-order valence-corrected chi connectivity index (χ0v) is 19.2. The van der Waals surface area contributed by atoms with Crippen molar-refractivity contribution in [2.45, 2.75) is 39.5 Å². The highest BCUT2D eigenvalue weighted by Crippen LogP contribution is 2.23. The Kier molecular flexibility index (Phi) is 8.66. The van der Waals surface area contributed by atoms with Crippen LogP contribution in [0.3, 0.4) is 0 Å². The molecule has 0 saturated carbocycles. The first-order chi connectivity index (χ1) is 12.4. The molecule has 0 spiro atoms. The van der Waals surface area contributed by atoms with E-state index < -0.39 is 10.0 Å². The van der Waals surface area contributed by atoms with E-state index in [1.807, 2.05) is 34.9 Å². The van der Waals surface area contributed by atoms with Gasteiger partial charge >= 0.3 is 0 Å². The number of hydrogen-bond acceptors (Lipinski definition) is 4. The second kappa shape index (κ2) is 9.82. The average molecular weight is 415 g/mol. The summed E-state index contributed by atoms with van der Waals surface area (Å²) in [7, 11) is 0.589. The maximum atomic E-state index is 12.7. The Labute approximate surface area is 170 Å². The van der Waals surface area contributed by atoms with Crippen molar-refractivity contribution in [3.05, 3.63) is 23.8 Å². The number of sulfonamides is 1. The lowest BCUT2D eigenvalue weighted by Crippen LogP contribution is -2.41. The Bertz CT molecular complexity index is 742. The lowest BCUT2D eigenvalue weighted by atomic mass is 9.93. The smallest absolute Gasteiger partial charge is 0.243 e. The van der Waals surface area contributed by atoms with Gasteiger partial charge in [0.2, 0.25) is 10.0 Å². The number of anilines is 1. The standard InChI is InChI=1S/C19H34N4O2S2/c1-8-23(9-2)27(24,25)16-11-10-15(3)17(12-16)21-18(26)20-13-19(4,5)14-22(6)7/h10-12H,8-9,13-14H2,1-7H3,(H2,20,21,26). The summed E-state index contributed by atoms with van der Waals surface area (Å²) >= 11 is 5.42. The molecule has 8 heteroatoms. The maximum Gasteiger partial charge on any atom is 0.243 e. The van der Waals surface area contributed by atoms with Gasteiger partial charge in [0.1, 0.15) is 0 Å². The van der Waals surface area contributed by atoms with Crippen LogP contribution in [0.15, 0.2) is 23.1 Å². The first-order valence-corrected chi connectivity index (χ1v) is 11.1. The molecule has 0 aliphatic carbocycles. The fourth-order valence-electron chi connectivity index (χ4n) is 3.01. The van der Waals surface area contributed by atoms with E-state index in [-0.39, 0.29) is 10.3 Å². The van der Waals surface area contributed by atoms with Crippen LogP contribution in [0, 0.1) is 12.3 Å². The zero-order chi connectivity index (χ0) is 20.8. The van der Waals surface area contributed by atoms with Gasteiger partial charge in [-0.1, -0.05) is 33.8 Å². The van der Waals surface area contributed by atoms with Gasteiger partial charge in [-0.2, -0.15) is 4.31 Å². The number of aryl methyl sites for hydroxylation is 1. The van der Waals surface area contributed by atoms with E-state index >= 15 is 0 Å². The molecule has 0 unspecified atom stereocenters. The third kappa shape index (κ3) is 7.03. The molecule has 0 heterocycles. The van der Waals surface area contributed by atoms with Crippen LogP contribution in [-0.2, 0) is 10.0 Å². The van der Waals surface area contributed by atoms with Crippen LogP contribution in [0.4, 0.5) is 5.69 Å². The van der Waals surface area contributed by atoms with Crippen LogP contribution in [0.5, 0.6) is 0 Å². The Morgan fingerprint density at radius 2 is 1.78 bits per heavy atom. The van der Waals surface area contributed by atoms with Crippen LogP contribution in [0.2, 0.25) is 0 Å². The van der Waals surface area contributed by atoms with E-state index in [0.717, 1.165) is 12.1 Å². The van der Waals surface area contributed by atoms with Gasteiger partial charge in [0.25, 0.3) is 0 Å².